The fourth-order valence-electron chi connectivity index (χ4n) is 2.31. The fraction of sp³-hybridized carbons (Fsp3) is 0.235. The molecule has 0 spiro atoms. The summed E-state index contributed by atoms with van der Waals surface area (Å²) in [5.74, 6) is 1.51. The molecule has 114 valence electrons. The Labute approximate surface area is 137 Å². The minimum absolute atomic E-state index is 0.599. The Bertz CT molecular complexity index is 798. The van der Waals surface area contributed by atoms with Gasteiger partial charge in [-0.25, -0.2) is 4.98 Å². The van der Waals surface area contributed by atoms with Crippen LogP contribution in [-0.4, -0.2) is 22.6 Å². The van der Waals surface area contributed by atoms with Gasteiger partial charge in [0.15, 0.2) is 11.5 Å². The zero-order chi connectivity index (χ0) is 15.5. The van der Waals surface area contributed by atoms with Gasteiger partial charge in [-0.1, -0.05) is 0 Å². The molecule has 0 fully saturated rings. The van der Waals surface area contributed by atoms with Gasteiger partial charge < -0.3 is 13.9 Å². The van der Waals surface area contributed by atoms with E-state index in [9.17, 15) is 0 Å². The maximum Gasteiger partial charge on any atom is 0.161 e. The Hall–Kier alpha value is -2.01. The molecule has 0 aliphatic carbocycles. The highest BCUT2D eigenvalue weighted by Crippen LogP contribution is 2.32. The van der Waals surface area contributed by atoms with Crippen molar-refractivity contribution in [3.05, 3.63) is 47.2 Å². The van der Waals surface area contributed by atoms with Crippen molar-refractivity contribution in [1.82, 2.24) is 9.38 Å². The number of fused-ring (bicyclic) bond motifs is 1. The molecule has 5 heteroatoms. The Kier molecular flexibility index (Phi) is 4.34. The number of benzene rings is 1. The molecule has 0 aliphatic heterocycles. The van der Waals surface area contributed by atoms with Crippen molar-refractivity contribution >= 4 is 21.6 Å². The van der Waals surface area contributed by atoms with Crippen LogP contribution in [0.5, 0.6) is 11.5 Å². The van der Waals surface area contributed by atoms with Crippen LogP contribution in [0.2, 0.25) is 0 Å². The number of hydrogen-bond donors (Lipinski definition) is 0. The predicted octanol–water partition coefficient (Wildman–Crippen LogP) is 4.56. The minimum Gasteiger partial charge on any atom is -0.490 e. The fourth-order valence-corrected chi connectivity index (χ4v) is 2.67. The molecular formula is C17H17BrN2O2. The summed E-state index contributed by atoms with van der Waals surface area (Å²) in [5.41, 5.74) is 2.82. The summed E-state index contributed by atoms with van der Waals surface area (Å²) in [6.45, 7) is 5.14. The normalized spacial score (nSPS) is 10.9. The molecule has 22 heavy (non-hydrogen) atoms. The number of aromatic nitrogens is 2. The highest BCUT2D eigenvalue weighted by Gasteiger charge is 2.10. The van der Waals surface area contributed by atoms with E-state index in [0.717, 1.165) is 32.9 Å². The first-order valence-electron chi connectivity index (χ1n) is 7.25. The Morgan fingerprint density at radius 2 is 1.77 bits per heavy atom. The molecular weight excluding hydrogens is 344 g/mol. The predicted molar refractivity (Wildman–Crippen MR) is 90.7 cm³/mol. The van der Waals surface area contributed by atoms with E-state index < -0.39 is 0 Å². The second-order valence-electron chi connectivity index (χ2n) is 4.77. The molecule has 2 heterocycles. The maximum atomic E-state index is 5.68. The third-order valence-corrected chi connectivity index (χ3v) is 3.72. The lowest BCUT2D eigenvalue weighted by Gasteiger charge is -2.11. The molecule has 0 bridgehead atoms. The van der Waals surface area contributed by atoms with Gasteiger partial charge in [-0.2, -0.15) is 0 Å². The average Bonchev–Trinajstić information content (AvgIpc) is 2.92. The van der Waals surface area contributed by atoms with Crippen LogP contribution in [0, 0.1) is 0 Å². The summed E-state index contributed by atoms with van der Waals surface area (Å²) >= 11 is 3.47. The highest BCUT2D eigenvalue weighted by atomic mass is 79.9. The van der Waals surface area contributed by atoms with E-state index in [-0.39, 0.29) is 0 Å². The summed E-state index contributed by atoms with van der Waals surface area (Å²) in [6.07, 6.45) is 4.00. The van der Waals surface area contributed by atoms with E-state index in [0.29, 0.717) is 13.2 Å². The van der Waals surface area contributed by atoms with Crippen LogP contribution in [-0.2, 0) is 0 Å². The average molecular weight is 361 g/mol. The molecule has 3 aromatic rings. The van der Waals surface area contributed by atoms with Crippen LogP contribution in [0.1, 0.15) is 13.8 Å². The number of pyridine rings is 1. The lowest BCUT2D eigenvalue weighted by molar-refractivity contribution is 0.288. The number of hydrogen-bond acceptors (Lipinski definition) is 3. The maximum absolute atomic E-state index is 5.68. The molecule has 0 unspecified atom stereocenters. The molecule has 3 rings (SSSR count). The van der Waals surface area contributed by atoms with Crippen molar-refractivity contribution in [2.24, 2.45) is 0 Å². The smallest absolute Gasteiger partial charge is 0.161 e. The summed E-state index contributed by atoms with van der Waals surface area (Å²) in [5, 5.41) is 0. The van der Waals surface area contributed by atoms with E-state index in [1.54, 1.807) is 0 Å². The molecule has 0 radical (unpaired) electrons. The van der Waals surface area contributed by atoms with Crippen molar-refractivity contribution in [2.75, 3.05) is 13.2 Å². The van der Waals surface area contributed by atoms with E-state index in [4.69, 9.17) is 9.47 Å². The quantitative estimate of drug-likeness (QED) is 0.668. The molecule has 2 aromatic heterocycles. The van der Waals surface area contributed by atoms with Crippen LogP contribution in [0.4, 0.5) is 0 Å². The summed E-state index contributed by atoms with van der Waals surface area (Å²) in [4.78, 5) is 4.65. The van der Waals surface area contributed by atoms with Gasteiger partial charge in [0.05, 0.1) is 18.9 Å². The Morgan fingerprint density at radius 1 is 1.00 bits per heavy atom. The van der Waals surface area contributed by atoms with Gasteiger partial charge in [-0.3, -0.25) is 0 Å². The second-order valence-corrected chi connectivity index (χ2v) is 5.68. The van der Waals surface area contributed by atoms with Crippen molar-refractivity contribution in [2.45, 2.75) is 13.8 Å². The third kappa shape index (κ3) is 2.95. The first-order chi connectivity index (χ1) is 10.7. The SMILES string of the molecule is CCOc1ccc(-c2cn3cc(Br)ccc3n2)cc1OCC. The van der Waals surface area contributed by atoms with Gasteiger partial charge in [-0.05, 0) is 60.1 Å². The summed E-state index contributed by atoms with van der Waals surface area (Å²) < 4.78 is 14.3. The van der Waals surface area contributed by atoms with Gasteiger partial charge in [0.25, 0.3) is 0 Å². The standard InChI is InChI=1S/C17H17BrN2O2/c1-3-21-15-7-5-12(9-16(15)22-4-2)14-11-20-10-13(18)6-8-17(20)19-14/h5-11H,3-4H2,1-2H3. The van der Waals surface area contributed by atoms with Crippen LogP contribution < -0.4 is 9.47 Å². The molecule has 0 saturated heterocycles. The van der Waals surface area contributed by atoms with Crippen LogP contribution in [0.15, 0.2) is 47.2 Å². The van der Waals surface area contributed by atoms with Crippen LogP contribution in [0.25, 0.3) is 16.9 Å². The first-order valence-corrected chi connectivity index (χ1v) is 8.05. The number of halogens is 1. The largest absolute Gasteiger partial charge is 0.490 e. The molecule has 1 aromatic carbocycles. The van der Waals surface area contributed by atoms with Gasteiger partial charge in [0.2, 0.25) is 0 Å². The molecule has 0 saturated carbocycles. The molecule has 0 atom stereocenters. The zero-order valence-electron chi connectivity index (χ0n) is 12.5. The van der Waals surface area contributed by atoms with Crippen molar-refractivity contribution in [3.63, 3.8) is 0 Å². The topological polar surface area (TPSA) is 35.8 Å². The molecule has 0 aliphatic rings. The Morgan fingerprint density at radius 3 is 2.55 bits per heavy atom. The van der Waals surface area contributed by atoms with Crippen LogP contribution in [0.3, 0.4) is 0 Å². The number of rotatable bonds is 5. The van der Waals surface area contributed by atoms with Crippen molar-refractivity contribution < 1.29 is 9.47 Å². The van der Waals surface area contributed by atoms with E-state index >= 15 is 0 Å². The second kappa shape index (κ2) is 6.40. The molecule has 0 N–H and O–H groups in total. The molecule has 0 amide bonds. The van der Waals surface area contributed by atoms with Gasteiger partial charge >= 0.3 is 0 Å². The van der Waals surface area contributed by atoms with E-state index in [1.807, 2.05) is 61.0 Å². The molecule has 4 nitrogen and oxygen atoms in total. The van der Waals surface area contributed by atoms with Gasteiger partial charge in [0.1, 0.15) is 5.65 Å². The third-order valence-electron chi connectivity index (χ3n) is 3.25. The number of ether oxygens (including phenoxy) is 2. The first kappa shape index (κ1) is 14.9. The highest BCUT2D eigenvalue weighted by molar-refractivity contribution is 9.10. The number of nitrogens with zero attached hydrogens (tertiary/aromatic N) is 2. The van der Waals surface area contributed by atoms with Gasteiger partial charge in [-0.15, -0.1) is 0 Å². The summed E-state index contributed by atoms with van der Waals surface area (Å²) in [7, 11) is 0. The van der Waals surface area contributed by atoms with Crippen molar-refractivity contribution in [1.29, 1.82) is 0 Å². The number of imidazole rings is 1. The van der Waals surface area contributed by atoms with Crippen molar-refractivity contribution in [3.8, 4) is 22.8 Å². The lowest BCUT2D eigenvalue weighted by atomic mass is 10.1. The Balaban J connectivity index is 2.03. The minimum atomic E-state index is 0.599. The van der Waals surface area contributed by atoms with Gasteiger partial charge in [0, 0.05) is 22.4 Å². The lowest BCUT2D eigenvalue weighted by Crippen LogP contribution is -1.98. The van der Waals surface area contributed by atoms with E-state index in [2.05, 4.69) is 20.9 Å². The van der Waals surface area contributed by atoms with Crippen LogP contribution >= 0.6 is 15.9 Å². The monoisotopic (exact) mass is 360 g/mol. The van der Waals surface area contributed by atoms with E-state index in [1.165, 1.54) is 0 Å². The summed E-state index contributed by atoms with van der Waals surface area (Å²) in [6, 6.07) is 9.88. The zero-order valence-corrected chi connectivity index (χ0v) is 14.1.